The summed E-state index contributed by atoms with van der Waals surface area (Å²) < 4.78 is 1.05. The lowest BCUT2D eigenvalue weighted by Gasteiger charge is -2.43. The largest absolute Gasteiger partial charge is 0.338 e. The number of carbonyl (C=O) groups excluding carboxylic acids is 2. The molecule has 218 valence electrons. The SMILES string of the molecule is Cl.Cl.O=C(c1cccnc1)C([C@@H]1CNC[C@@H]1c1ccccc1)N1CCC2(CCN(Cc3ccc(Br)cc3)C2=O)CC1. The predicted octanol–water partition coefficient (Wildman–Crippen LogP) is 5.76. The molecule has 3 fully saturated rings. The number of nitrogens with zero attached hydrogens (tertiary/aromatic N) is 3. The van der Waals surface area contributed by atoms with Crippen molar-refractivity contribution < 1.29 is 9.59 Å². The molecule has 0 radical (unpaired) electrons. The Bertz CT molecular complexity index is 1300. The van der Waals surface area contributed by atoms with Gasteiger partial charge in [-0.2, -0.15) is 0 Å². The van der Waals surface area contributed by atoms with Crippen LogP contribution in [0.25, 0.3) is 0 Å². The number of amides is 1. The molecule has 41 heavy (non-hydrogen) atoms. The van der Waals surface area contributed by atoms with Crippen molar-refractivity contribution in [3.8, 4) is 0 Å². The Kier molecular flexibility index (Phi) is 10.6. The van der Waals surface area contributed by atoms with Gasteiger partial charge in [0.2, 0.25) is 5.91 Å². The molecular formula is C32H37BrCl2N4O2. The minimum atomic E-state index is -0.305. The van der Waals surface area contributed by atoms with Gasteiger partial charge >= 0.3 is 0 Å². The Hall–Kier alpha value is -2.29. The maximum atomic E-state index is 14.1. The molecule has 0 aliphatic carbocycles. The number of pyridine rings is 1. The first-order valence-corrected chi connectivity index (χ1v) is 14.8. The number of hydrogen-bond donors (Lipinski definition) is 1. The van der Waals surface area contributed by atoms with E-state index in [2.05, 4.69) is 67.5 Å². The van der Waals surface area contributed by atoms with Gasteiger partial charge in [-0.15, -0.1) is 24.8 Å². The Labute approximate surface area is 263 Å². The van der Waals surface area contributed by atoms with E-state index in [9.17, 15) is 9.59 Å². The third-order valence-electron chi connectivity index (χ3n) is 9.15. The summed E-state index contributed by atoms with van der Waals surface area (Å²) >= 11 is 3.49. The average Bonchev–Trinajstić information content (AvgIpc) is 3.58. The molecule has 0 saturated carbocycles. The molecule has 1 aromatic heterocycles. The zero-order chi connectivity index (χ0) is 26.8. The fraction of sp³-hybridized carbons (Fsp3) is 0.406. The van der Waals surface area contributed by atoms with Gasteiger partial charge in [0.15, 0.2) is 5.78 Å². The number of nitrogens with one attached hydrogen (secondary N) is 1. The van der Waals surface area contributed by atoms with Gasteiger partial charge in [0.05, 0.1) is 11.5 Å². The molecule has 2 aromatic carbocycles. The summed E-state index contributed by atoms with van der Waals surface area (Å²) in [5.74, 6) is 0.845. The molecule has 3 aromatic rings. The maximum absolute atomic E-state index is 14.1. The van der Waals surface area contributed by atoms with Crippen molar-refractivity contribution in [3.05, 3.63) is 100 Å². The molecule has 4 heterocycles. The van der Waals surface area contributed by atoms with E-state index >= 15 is 0 Å². The summed E-state index contributed by atoms with van der Waals surface area (Å²) in [6.07, 6.45) is 5.91. The number of likely N-dealkylation sites (tertiary alicyclic amines) is 2. The number of benzene rings is 2. The molecule has 1 amide bonds. The third-order valence-corrected chi connectivity index (χ3v) is 9.67. The van der Waals surface area contributed by atoms with Gasteiger partial charge in [-0.05, 0) is 67.7 Å². The fourth-order valence-corrected chi connectivity index (χ4v) is 7.22. The van der Waals surface area contributed by atoms with Gasteiger partial charge in [-0.25, -0.2) is 0 Å². The number of hydrogen-bond acceptors (Lipinski definition) is 5. The lowest BCUT2D eigenvalue weighted by molar-refractivity contribution is -0.139. The second kappa shape index (κ2) is 13.8. The van der Waals surface area contributed by atoms with Crippen LogP contribution in [0.2, 0.25) is 0 Å². The highest BCUT2D eigenvalue weighted by atomic mass is 79.9. The first-order chi connectivity index (χ1) is 19.0. The number of rotatable bonds is 7. The van der Waals surface area contributed by atoms with Crippen LogP contribution >= 0.6 is 40.7 Å². The first-order valence-electron chi connectivity index (χ1n) is 14.0. The van der Waals surface area contributed by atoms with Gasteiger partial charge in [0, 0.05) is 60.4 Å². The number of halogens is 3. The van der Waals surface area contributed by atoms with E-state index in [-0.39, 0.29) is 59.8 Å². The average molecular weight is 660 g/mol. The van der Waals surface area contributed by atoms with E-state index in [1.54, 1.807) is 12.4 Å². The van der Waals surface area contributed by atoms with Crippen molar-refractivity contribution in [3.63, 3.8) is 0 Å². The molecule has 3 atom stereocenters. The summed E-state index contributed by atoms with van der Waals surface area (Å²) in [6, 6.07) is 22.3. The van der Waals surface area contributed by atoms with E-state index in [4.69, 9.17) is 0 Å². The monoisotopic (exact) mass is 658 g/mol. The van der Waals surface area contributed by atoms with Crippen molar-refractivity contribution in [1.82, 2.24) is 20.1 Å². The number of Topliss-reactive ketones (excluding diaryl/α,β-unsaturated/α-hetero) is 1. The van der Waals surface area contributed by atoms with Crippen LogP contribution in [0.5, 0.6) is 0 Å². The summed E-state index contributed by atoms with van der Waals surface area (Å²) in [7, 11) is 0. The van der Waals surface area contributed by atoms with Crippen LogP contribution in [-0.4, -0.2) is 65.2 Å². The molecular weight excluding hydrogens is 623 g/mol. The Balaban J connectivity index is 0.00000194. The quantitative estimate of drug-likeness (QED) is 0.327. The van der Waals surface area contributed by atoms with E-state index < -0.39 is 0 Å². The Morgan fingerprint density at radius 2 is 1.66 bits per heavy atom. The minimum Gasteiger partial charge on any atom is -0.338 e. The molecule has 6 nitrogen and oxygen atoms in total. The fourth-order valence-electron chi connectivity index (χ4n) is 6.95. The lowest BCUT2D eigenvalue weighted by atomic mass is 9.74. The highest BCUT2D eigenvalue weighted by Gasteiger charge is 2.50. The second-order valence-corrected chi connectivity index (χ2v) is 12.2. The van der Waals surface area contributed by atoms with Crippen LogP contribution < -0.4 is 5.32 Å². The van der Waals surface area contributed by atoms with Crippen molar-refractivity contribution in [2.75, 3.05) is 32.7 Å². The van der Waals surface area contributed by atoms with E-state index in [0.717, 1.165) is 62.0 Å². The van der Waals surface area contributed by atoms with Gasteiger partial charge in [0.25, 0.3) is 0 Å². The van der Waals surface area contributed by atoms with E-state index in [1.165, 1.54) is 5.56 Å². The summed E-state index contributed by atoms with van der Waals surface area (Å²) in [4.78, 5) is 36.4. The zero-order valence-corrected chi connectivity index (χ0v) is 26.2. The molecule has 3 saturated heterocycles. The smallest absolute Gasteiger partial charge is 0.229 e. The highest BCUT2D eigenvalue weighted by Crippen LogP contribution is 2.44. The highest BCUT2D eigenvalue weighted by molar-refractivity contribution is 9.10. The van der Waals surface area contributed by atoms with E-state index in [1.807, 2.05) is 35.2 Å². The van der Waals surface area contributed by atoms with Crippen LogP contribution in [0.3, 0.4) is 0 Å². The Morgan fingerprint density at radius 3 is 2.34 bits per heavy atom. The normalized spacial score (nSPS) is 22.7. The maximum Gasteiger partial charge on any atom is 0.229 e. The summed E-state index contributed by atoms with van der Waals surface area (Å²) in [5, 5.41) is 3.58. The summed E-state index contributed by atoms with van der Waals surface area (Å²) in [5.41, 5.74) is 2.79. The van der Waals surface area contributed by atoms with Crippen LogP contribution in [0.4, 0.5) is 0 Å². The summed E-state index contributed by atoms with van der Waals surface area (Å²) in [6.45, 7) is 4.64. The molecule has 6 rings (SSSR count). The topological polar surface area (TPSA) is 65.5 Å². The zero-order valence-electron chi connectivity index (χ0n) is 23.0. The van der Waals surface area contributed by atoms with Gasteiger partial charge in [-0.3, -0.25) is 19.5 Å². The van der Waals surface area contributed by atoms with Crippen LogP contribution in [-0.2, 0) is 11.3 Å². The van der Waals surface area contributed by atoms with Gasteiger partial charge in [0.1, 0.15) is 0 Å². The van der Waals surface area contributed by atoms with Crippen molar-refractivity contribution in [1.29, 1.82) is 0 Å². The van der Waals surface area contributed by atoms with Crippen molar-refractivity contribution in [2.45, 2.75) is 37.8 Å². The number of aromatic nitrogens is 1. The third kappa shape index (κ3) is 6.55. The molecule has 0 bridgehead atoms. The standard InChI is InChI=1S/C32H35BrN4O2.2ClH/c33-26-10-8-23(9-11-26)22-37-18-14-32(31(37)39)12-16-36(17-13-32)29(30(38)25-7-4-15-34-19-25)28-21-35-20-27(28)24-5-2-1-3-6-24;;/h1-11,15,19,27-29,35H,12-14,16-18,20-22H2;2*1H/t27-,28-,29?;;/m1../s1. The number of carbonyl (C=O) groups is 2. The Morgan fingerprint density at radius 1 is 0.951 bits per heavy atom. The number of piperidine rings is 1. The van der Waals surface area contributed by atoms with Crippen LogP contribution in [0.15, 0.2) is 83.6 Å². The lowest BCUT2D eigenvalue weighted by Crippen LogP contribution is -2.54. The molecule has 1 spiro atoms. The van der Waals surface area contributed by atoms with Crippen LogP contribution in [0, 0.1) is 11.3 Å². The number of ketones is 1. The van der Waals surface area contributed by atoms with Crippen molar-refractivity contribution in [2.24, 2.45) is 11.3 Å². The van der Waals surface area contributed by atoms with Gasteiger partial charge < -0.3 is 10.2 Å². The molecule has 1 N–H and O–H groups in total. The molecule has 1 unspecified atom stereocenters. The first kappa shape index (κ1) is 31.6. The second-order valence-electron chi connectivity index (χ2n) is 11.3. The van der Waals surface area contributed by atoms with Crippen LogP contribution in [0.1, 0.15) is 46.7 Å². The minimum absolute atomic E-state index is 0. The van der Waals surface area contributed by atoms with Gasteiger partial charge in [-0.1, -0.05) is 58.4 Å². The molecule has 3 aliphatic rings. The predicted molar refractivity (Wildman–Crippen MR) is 170 cm³/mol. The molecule has 9 heteroatoms. The van der Waals surface area contributed by atoms with E-state index in [0.29, 0.717) is 12.1 Å². The molecule has 3 aliphatic heterocycles. The van der Waals surface area contributed by atoms with Crippen molar-refractivity contribution >= 4 is 52.4 Å².